The molecule has 2 aromatic rings. The molecule has 0 atom stereocenters. The predicted octanol–water partition coefficient (Wildman–Crippen LogP) is 3.31. The number of thiophene rings is 1. The minimum atomic E-state index is -3.57. The Balaban J connectivity index is 2.17. The molecule has 0 saturated heterocycles. The topological polar surface area (TPSA) is 58.2 Å². The van der Waals surface area contributed by atoms with Crippen LogP contribution in [0.2, 0.25) is 4.34 Å². The molecule has 2 rings (SSSR count). The summed E-state index contributed by atoms with van der Waals surface area (Å²) in [4.78, 5) is 0. The van der Waals surface area contributed by atoms with Crippen LogP contribution >= 0.6 is 22.9 Å². The van der Waals surface area contributed by atoms with E-state index in [0.29, 0.717) is 16.6 Å². The van der Waals surface area contributed by atoms with Crippen LogP contribution in [0, 0.1) is 0 Å². The number of rotatable bonds is 6. The van der Waals surface area contributed by atoms with Gasteiger partial charge in [-0.3, -0.25) is 4.72 Å². The third-order valence-corrected chi connectivity index (χ3v) is 5.68. The van der Waals surface area contributed by atoms with Crippen molar-refractivity contribution >= 4 is 38.6 Å². The summed E-state index contributed by atoms with van der Waals surface area (Å²) in [7, 11) is -3.57. The van der Waals surface area contributed by atoms with Crippen LogP contribution in [0.3, 0.4) is 0 Å². The zero-order valence-corrected chi connectivity index (χ0v) is 13.3. The molecule has 0 aliphatic rings. The predicted molar refractivity (Wildman–Crippen MR) is 84.0 cm³/mol. The monoisotopic (exact) mass is 330 g/mol. The molecule has 0 fully saturated rings. The SMILES string of the molecule is CCNCc1cccc(NS(=O)(=O)c2ccc(Cl)s2)c1. The van der Waals surface area contributed by atoms with Gasteiger partial charge in [0, 0.05) is 12.2 Å². The summed E-state index contributed by atoms with van der Waals surface area (Å²) in [5.74, 6) is 0. The minimum absolute atomic E-state index is 0.208. The quantitative estimate of drug-likeness (QED) is 0.854. The Bertz CT molecular complexity index is 683. The van der Waals surface area contributed by atoms with E-state index in [4.69, 9.17) is 11.6 Å². The number of anilines is 1. The molecular formula is C13H15ClN2O2S2. The van der Waals surface area contributed by atoms with Gasteiger partial charge in [0.05, 0.1) is 4.34 Å². The van der Waals surface area contributed by atoms with Crippen molar-refractivity contribution in [3.05, 3.63) is 46.3 Å². The highest BCUT2D eigenvalue weighted by molar-refractivity contribution is 7.94. The van der Waals surface area contributed by atoms with Gasteiger partial charge < -0.3 is 5.32 Å². The summed E-state index contributed by atoms with van der Waals surface area (Å²) in [6, 6.07) is 10.4. The van der Waals surface area contributed by atoms with E-state index in [1.54, 1.807) is 12.1 Å². The summed E-state index contributed by atoms with van der Waals surface area (Å²) in [6.07, 6.45) is 0. The Hall–Kier alpha value is -1.08. The summed E-state index contributed by atoms with van der Waals surface area (Å²) in [5.41, 5.74) is 1.57. The van der Waals surface area contributed by atoms with Crippen LogP contribution in [0.25, 0.3) is 0 Å². The largest absolute Gasteiger partial charge is 0.313 e. The maximum atomic E-state index is 12.2. The first-order chi connectivity index (χ1) is 9.51. The van der Waals surface area contributed by atoms with Crippen LogP contribution in [-0.4, -0.2) is 15.0 Å². The van der Waals surface area contributed by atoms with Gasteiger partial charge in [-0.1, -0.05) is 30.7 Å². The van der Waals surface area contributed by atoms with Gasteiger partial charge in [0.1, 0.15) is 4.21 Å². The first-order valence-corrected chi connectivity index (χ1v) is 8.77. The Kier molecular flexibility index (Phi) is 5.04. The Morgan fingerprint density at radius 2 is 2.05 bits per heavy atom. The molecule has 0 aliphatic heterocycles. The standard InChI is InChI=1S/C13H15ClN2O2S2/c1-2-15-9-10-4-3-5-11(8-10)16-20(17,18)13-7-6-12(14)19-13/h3-8,15-16H,2,9H2,1H3. The summed E-state index contributed by atoms with van der Waals surface area (Å²) in [6.45, 7) is 3.59. The van der Waals surface area contributed by atoms with Crippen molar-refractivity contribution < 1.29 is 8.42 Å². The summed E-state index contributed by atoms with van der Waals surface area (Å²) in [5, 5.41) is 3.20. The van der Waals surface area contributed by atoms with Crippen LogP contribution in [0.5, 0.6) is 0 Å². The second-order valence-electron chi connectivity index (χ2n) is 4.14. The molecule has 108 valence electrons. The molecule has 2 N–H and O–H groups in total. The molecule has 0 saturated carbocycles. The van der Waals surface area contributed by atoms with E-state index in [1.807, 2.05) is 25.1 Å². The smallest absolute Gasteiger partial charge is 0.271 e. The Morgan fingerprint density at radius 1 is 1.25 bits per heavy atom. The van der Waals surface area contributed by atoms with Crippen LogP contribution in [0.1, 0.15) is 12.5 Å². The molecule has 0 bridgehead atoms. The molecule has 0 unspecified atom stereocenters. The van der Waals surface area contributed by atoms with E-state index < -0.39 is 10.0 Å². The number of benzene rings is 1. The van der Waals surface area contributed by atoms with E-state index in [1.165, 1.54) is 6.07 Å². The molecule has 1 heterocycles. The first-order valence-electron chi connectivity index (χ1n) is 6.09. The lowest BCUT2D eigenvalue weighted by Gasteiger charge is -2.08. The van der Waals surface area contributed by atoms with Crippen LogP contribution < -0.4 is 10.0 Å². The summed E-state index contributed by atoms with van der Waals surface area (Å²) >= 11 is 6.80. The lowest BCUT2D eigenvalue weighted by molar-refractivity contribution is 0.603. The maximum absolute atomic E-state index is 12.2. The van der Waals surface area contributed by atoms with Crippen molar-refractivity contribution in [2.45, 2.75) is 17.7 Å². The Labute approximate surface area is 127 Å². The molecule has 1 aromatic carbocycles. The number of sulfonamides is 1. The Morgan fingerprint density at radius 3 is 2.70 bits per heavy atom. The van der Waals surface area contributed by atoms with Crippen molar-refractivity contribution in [2.24, 2.45) is 0 Å². The number of hydrogen-bond donors (Lipinski definition) is 2. The van der Waals surface area contributed by atoms with Gasteiger partial charge in [0.2, 0.25) is 0 Å². The number of nitrogens with one attached hydrogen (secondary N) is 2. The average Bonchev–Trinajstić information content (AvgIpc) is 2.84. The van der Waals surface area contributed by atoms with Gasteiger partial charge in [-0.15, -0.1) is 11.3 Å². The highest BCUT2D eigenvalue weighted by atomic mass is 35.5. The third kappa shape index (κ3) is 3.96. The second kappa shape index (κ2) is 6.58. The average molecular weight is 331 g/mol. The fraction of sp³-hybridized carbons (Fsp3) is 0.231. The third-order valence-electron chi connectivity index (χ3n) is 2.57. The van der Waals surface area contributed by atoms with E-state index in [2.05, 4.69) is 10.0 Å². The van der Waals surface area contributed by atoms with Crippen molar-refractivity contribution in [3.63, 3.8) is 0 Å². The van der Waals surface area contributed by atoms with Crippen LogP contribution in [0.15, 0.2) is 40.6 Å². The van der Waals surface area contributed by atoms with E-state index in [0.717, 1.165) is 23.4 Å². The fourth-order valence-electron chi connectivity index (χ4n) is 1.66. The highest BCUT2D eigenvalue weighted by Gasteiger charge is 2.16. The highest BCUT2D eigenvalue weighted by Crippen LogP contribution is 2.27. The molecular weight excluding hydrogens is 316 g/mol. The van der Waals surface area contributed by atoms with Crippen molar-refractivity contribution in [1.82, 2.24) is 5.32 Å². The lowest BCUT2D eigenvalue weighted by Crippen LogP contribution is -2.13. The molecule has 0 amide bonds. The van der Waals surface area contributed by atoms with E-state index in [-0.39, 0.29) is 4.21 Å². The zero-order valence-electron chi connectivity index (χ0n) is 10.9. The minimum Gasteiger partial charge on any atom is -0.313 e. The molecule has 7 heteroatoms. The fourth-order valence-corrected chi connectivity index (χ4v) is 4.19. The normalized spacial score (nSPS) is 11.5. The maximum Gasteiger partial charge on any atom is 0.271 e. The molecule has 1 aromatic heterocycles. The van der Waals surface area contributed by atoms with Gasteiger partial charge >= 0.3 is 0 Å². The van der Waals surface area contributed by atoms with Gasteiger partial charge in [-0.05, 0) is 36.4 Å². The molecule has 0 aliphatic carbocycles. The van der Waals surface area contributed by atoms with E-state index >= 15 is 0 Å². The van der Waals surface area contributed by atoms with Gasteiger partial charge in [-0.2, -0.15) is 0 Å². The van der Waals surface area contributed by atoms with Crippen molar-refractivity contribution in [1.29, 1.82) is 0 Å². The first kappa shape index (κ1) is 15.3. The number of hydrogen-bond acceptors (Lipinski definition) is 4. The van der Waals surface area contributed by atoms with Crippen LogP contribution in [0.4, 0.5) is 5.69 Å². The molecule has 4 nitrogen and oxygen atoms in total. The lowest BCUT2D eigenvalue weighted by atomic mass is 10.2. The van der Waals surface area contributed by atoms with Gasteiger partial charge in [0.15, 0.2) is 0 Å². The van der Waals surface area contributed by atoms with Crippen molar-refractivity contribution in [2.75, 3.05) is 11.3 Å². The molecule has 0 spiro atoms. The van der Waals surface area contributed by atoms with Crippen LogP contribution in [-0.2, 0) is 16.6 Å². The van der Waals surface area contributed by atoms with E-state index in [9.17, 15) is 8.42 Å². The number of halogens is 1. The van der Waals surface area contributed by atoms with Gasteiger partial charge in [-0.25, -0.2) is 8.42 Å². The van der Waals surface area contributed by atoms with Gasteiger partial charge in [0.25, 0.3) is 10.0 Å². The second-order valence-corrected chi connectivity index (χ2v) is 7.77. The van der Waals surface area contributed by atoms with Crippen molar-refractivity contribution in [3.8, 4) is 0 Å². The zero-order chi connectivity index (χ0) is 14.6. The molecule has 0 radical (unpaired) electrons. The summed E-state index contributed by atoms with van der Waals surface area (Å²) < 4.78 is 27.5. The molecule has 20 heavy (non-hydrogen) atoms.